The Hall–Kier alpha value is -0.610. The highest BCUT2D eigenvalue weighted by Crippen LogP contribution is 2.15. The Kier molecular flexibility index (Phi) is 6.52. The summed E-state index contributed by atoms with van der Waals surface area (Å²) in [7, 11) is 0. The minimum atomic E-state index is -0.105. The molecular weight excluding hydrogens is 216 g/mol. The molecule has 0 saturated carbocycles. The highest BCUT2D eigenvalue weighted by atomic mass is 16.3. The van der Waals surface area contributed by atoms with Crippen LogP contribution < -0.4 is 10.6 Å². The summed E-state index contributed by atoms with van der Waals surface area (Å²) in [4.78, 5) is 11.7. The third-order valence-electron chi connectivity index (χ3n) is 3.53. The zero-order chi connectivity index (χ0) is 12.7. The summed E-state index contributed by atoms with van der Waals surface area (Å²) < 4.78 is 0. The summed E-state index contributed by atoms with van der Waals surface area (Å²) in [6.45, 7) is 6.19. The summed E-state index contributed by atoms with van der Waals surface area (Å²) in [5.74, 6) is 0.991. The van der Waals surface area contributed by atoms with Crippen molar-refractivity contribution in [3.05, 3.63) is 0 Å². The molecule has 0 aromatic heterocycles. The molecule has 3 N–H and O–H groups in total. The van der Waals surface area contributed by atoms with E-state index in [9.17, 15) is 4.79 Å². The van der Waals surface area contributed by atoms with Crippen LogP contribution in [0, 0.1) is 11.8 Å². The number of amides is 1. The van der Waals surface area contributed by atoms with E-state index < -0.39 is 0 Å². The Bertz CT molecular complexity index is 225. The van der Waals surface area contributed by atoms with Crippen molar-refractivity contribution in [2.24, 2.45) is 11.8 Å². The van der Waals surface area contributed by atoms with Crippen molar-refractivity contribution in [2.45, 2.75) is 45.6 Å². The molecule has 0 radical (unpaired) electrons. The van der Waals surface area contributed by atoms with Crippen molar-refractivity contribution in [1.29, 1.82) is 0 Å². The maximum absolute atomic E-state index is 11.7. The summed E-state index contributed by atoms with van der Waals surface area (Å²) in [5.41, 5.74) is 0. The van der Waals surface area contributed by atoms with E-state index >= 15 is 0 Å². The molecule has 1 aliphatic heterocycles. The fourth-order valence-electron chi connectivity index (χ4n) is 2.21. The minimum absolute atomic E-state index is 0.0222. The van der Waals surface area contributed by atoms with E-state index in [1.54, 1.807) is 0 Å². The van der Waals surface area contributed by atoms with E-state index in [4.69, 9.17) is 5.11 Å². The Morgan fingerprint density at radius 3 is 2.82 bits per heavy atom. The molecule has 0 bridgehead atoms. The van der Waals surface area contributed by atoms with Gasteiger partial charge in [0.25, 0.3) is 0 Å². The minimum Gasteiger partial charge on any atom is -0.394 e. The quantitative estimate of drug-likeness (QED) is 0.648. The number of aliphatic hydroxyl groups is 1. The number of hydrogen-bond acceptors (Lipinski definition) is 3. The van der Waals surface area contributed by atoms with Crippen molar-refractivity contribution in [2.75, 3.05) is 19.7 Å². The topological polar surface area (TPSA) is 61.4 Å². The Balaban J connectivity index is 2.19. The fourth-order valence-corrected chi connectivity index (χ4v) is 2.21. The van der Waals surface area contributed by atoms with Gasteiger partial charge in [0, 0.05) is 6.42 Å². The van der Waals surface area contributed by atoms with E-state index in [1.807, 2.05) is 13.8 Å². The normalized spacial score (nSPS) is 22.5. The predicted octanol–water partition coefficient (Wildman–Crippen LogP) is 0.899. The lowest BCUT2D eigenvalue weighted by molar-refractivity contribution is -0.122. The lowest BCUT2D eigenvalue weighted by Gasteiger charge is -2.23. The van der Waals surface area contributed by atoms with Gasteiger partial charge >= 0.3 is 0 Å². The molecule has 2 unspecified atom stereocenters. The van der Waals surface area contributed by atoms with Gasteiger partial charge in [-0.15, -0.1) is 0 Å². The van der Waals surface area contributed by atoms with Gasteiger partial charge in [0.1, 0.15) is 0 Å². The number of carbonyl (C=O) groups excluding carboxylic acids is 1. The van der Waals surface area contributed by atoms with Crippen LogP contribution in [0.15, 0.2) is 0 Å². The molecule has 1 aliphatic rings. The standard InChI is InChI=1S/C13H26N2O2/c1-10(2)12(9-16)15-13(17)6-5-11-4-3-7-14-8-11/h10-12,14,16H,3-9H2,1-2H3,(H,15,17). The number of aliphatic hydroxyl groups excluding tert-OH is 1. The number of hydrogen-bond donors (Lipinski definition) is 3. The first kappa shape index (κ1) is 14.5. The van der Waals surface area contributed by atoms with E-state index in [2.05, 4.69) is 10.6 Å². The van der Waals surface area contributed by atoms with Crippen LogP contribution in [-0.4, -0.2) is 36.8 Å². The molecule has 1 amide bonds. The Morgan fingerprint density at radius 2 is 2.29 bits per heavy atom. The molecule has 4 heteroatoms. The van der Waals surface area contributed by atoms with Crippen molar-refractivity contribution in [3.8, 4) is 0 Å². The Morgan fingerprint density at radius 1 is 1.53 bits per heavy atom. The number of rotatable bonds is 6. The SMILES string of the molecule is CC(C)C(CO)NC(=O)CCC1CCCNC1. The van der Waals surface area contributed by atoms with Crippen molar-refractivity contribution < 1.29 is 9.90 Å². The number of piperidine rings is 1. The average molecular weight is 242 g/mol. The second kappa shape index (κ2) is 7.67. The molecule has 1 rings (SSSR count). The fraction of sp³-hybridized carbons (Fsp3) is 0.923. The van der Waals surface area contributed by atoms with Gasteiger partial charge < -0.3 is 15.7 Å². The van der Waals surface area contributed by atoms with Crippen LogP contribution >= 0.6 is 0 Å². The molecule has 0 aliphatic carbocycles. The van der Waals surface area contributed by atoms with Crippen molar-refractivity contribution in [1.82, 2.24) is 10.6 Å². The van der Waals surface area contributed by atoms with Gasteiger partial charge in [0.2, 0.25) is 5.91 Å². The third-order valence-corrected chi connectivity index (χ3v) is 3.53. The van der Waals surface area contributed by atoms with Crippen LogP contribution in [0.5, 0.6) is 0 Å². The highest BCUT2D eigenvalue weighted by Gasteiger charge is 2.17. The summed E-state index contributed by atoms with van der Waals surface area (Å²) in [6.07, 6.45) is 3.98. The van der Waals surface area contributed by atoms with Gasteiger partial charge in [-0.3, -0.25) is 4.79 Å². The van der Waals surface area contributed by atoms with Gasteiger partial charge in [-0.05, 0) is 44.2 Å². The van der Waals surface area contributed by atoms with Crippen LogP contribution in [0.1, 0.15) is 39.5 Å². The number of carbonyl (C=O) groups is 1. The molecule has 0 aromatic rings. The maximum Gasteiger partial charge on any atom is 0.220 e. The van der Waals surface area contributed by atoms with Crippen molar-refractivity contribution in [3.63, 3.8) is 0 Å². The highest BCUT2D eigenvalue weighted by molar-refractivity contribution is 5.76. The van der Waals surface area contributed by atoms with Gasteiger partial charge in [-0.25, -0.2) is 0 Å². The molecule has 1 saturated heterocycles. The predicted molar refractivity (Wildman–Crippen MR) is 68.7 cm³/mol. The van der Waals surface area contributed by atoms with Crippen LogP contribution in [0.2, 0.25) is 0 Å². The molecule has 100 valence electrons. The van der Waals surface area contributed by atoms with Gasteiger partial charge in [-0.1, -0.05) is 13.8 Å². The third kappa shape index (κ3) is 5.50. The first-order valence-corrected chi connectivity index (χ1v) is 6.74. The summed E-state index contributed by atoms with van der Waals surface area (Å²) >= 11 is 0. The first-order chi connectivity index (χ1) is 8.13. The zero-order valence-electron chi connectivity index (χ0n) is 11.0. The molecule has 4 nitrogen and oxygen atoms in total. The van der Waals surface area contributed by atoms with Crippen LogP contribution in [0.3, 0.4) is 0 Å². The van der Waals surface area contributed by atoms with Gasteiger partial charge in [0.05, 0.1) is 12.6 Å². The summed E-state index contributed by atoms with van der Waals surface area (Å²) in [5, 5.41) is 15.4. The summed E-state index contributed by atoms with van der Waals surface area (Å²) in [6, 6.07) is -0.105. The molecule has 1 fully saturated rings. The first-order valence-electron chi connectivity index (χ1n) is 6.74. The molecule has 0 aromatic carbocycles. The smallest absolute Gasteiger partial charge is 0.220 e. The molecule has 17 heavy (non-hydrogen) atoms. The van der Waals surface area contributed by atoms with Gasteiger partial charge in [0.15, 0.2) is 0 Å². The molecule has 1 heterocycles. The molecule has 2 atom stereocenters. The van der Waals surface area contributed by atoms with E-state index in [-0.39, 0.29) is 24.5 Å². The molecule has 0 spiro atoms. The van der Waals surface area contributed by atoms with Crippen LogP contribution in [0.4, 0.5) is 0 Å². The average Bonchev–Trinajstić information content (AvgIpc) is 2.34. The lowest BCUT2D eigenvalue weighted by atomic mass is 9.94. The largest absolute Gasteiger partial charge is 0.394 e. The van der Waals surface area contributed by atoms with E-state index in [0.717, 1.165) is 19.5 Å². The monoisotopic (exact) mass is 242 g/mol. The van der Waals surface area contributed by atoms with Gasteiger partial charge in [-0.2, -0.15) is 0 Å². The van der Waals surface area contributed by atoms with E-state index in [1.165, 1.54) is 12.8 Å². The van der Waals surface area contributed by atoms with Crippen LogP contribution in [-0.2, 0) is 4.79 Å². The second-order valence-electron chi connectivity index (χ2n) is 5.35. The Labute approximate surface area is 104 Å². The molecular formula is C13H26N2O2. The van der Waals surface area contributed by atoms with Crippen molar-refractivity contribution >= 4 is 5.91 Å². The van der Waals surface area contributed by atoms with E-state index in [0.29, 0.717) is 12.3 Å². The zero-order valence-corrected chi connectivity index (χ0v) is 11.0. The van der Waals surface area contributed by atoms with Crippen LogP contribution in [0.25, 0.3) is 0 Å². The second-order valence-corrected chi connectivity index (χ2v) is 5.35. The lowest BCUT2D eigenvalue weighted by Crippen LogP contribution is -2.41. The maximum atomic E-state index is 11.7. The number of nitrogens with one attached hydrogen (secondary N) is 2.